The van der Waals surface area contributed by atoms with Crippen molar-refractivity contribution in [2.75, 3.05) is 12.8 Å². The molecule has 90 valence electrons. The second kappa shape index (κ2) is 5.12. The van der Waals surface area contributed by atoms with Crippen LogP contribution in [0.3, 0.4) is 0 Å². The molecule has 0 bridgehead atoms. The molecule has 0 fully saturated rings. The third kappa shape index (κ3) is 2.93. The fourth-order valence-corrected chi connectivity index (χ4v) is 2.21. The third-order valence-corrected chi connectivity index (χ3v) is 4.44. The van der Waals surface area contributed by atoms with Crippen molar-refractivity contribution in [3.63, 3.8) is 0 Å². The van der Waals surface area contributed by atoms with Crippen molar-refractivity contribution in [2.24, 2.45) is 0 Å². The molecule has 0 unspecified atom stereocenters. The van der Waals surface area contributed by atoms with E-state index in [4.69, 9.17) is 11.6 Å². The number of halogens is 2. The summed E-state index contributed by atoms with van der Waals surface area (Å²) < 4.78 is 37.5. The molecule has 16 heavy (non-hydrogen) atoms. The first kappa shape index (κ1) is 13.4. The van der Waals surface area contributed by atoms with Crippen molar-refractivity contribution >= 4 is 21.6 Å². The van der Waals surface area contributed by atoms with Crippen LogP contribution in [-0.2, 0) is 16.6 Å². The van der Waals surface area contributed by atoms with Gasteiger partial charge in [0.05, 0.1) is 5.75 Å². The van der Waals surface area contributed by atoms with Gasteiger partial charge >= 0.3 is 0 Å². The predicted molar refractivity (Wildman–Crippen MR) is 62.3 cm³/mol. The third-order valence-electron chi connectivity index (χ3n) is 2.28. The maximum absolute atomic E-state index is 13.4. The average molecular weight is 266 g/mol. The minimum absolute atomic E-state index is 0.0183. The van der Waals surface area contributed by atoms with E-state index in [0.717, 1.165) is 4.31 Å². The lowest BCUT2D eigenvalue weighted by atomic mass is 10.2. The standard InChI is InChI=1S/C10H13ClFNO2S/c1-3-16(14,15)13(2)7-8-9(11)5-4-6-10(8)12/h4-6H,3,7H2,1-2H3. The van der Waals surface area contributed by atoms with E-state index in [1.54, 1.807) is 0 Å². The number of sulfonamides is 1. The highest BCUT2D eigenvalue weighted by atomic mass is 35.5. The largest absolute Gasteiger partial charge is 0.213 e. The Hall–Kier alpha value is -0.650. The minimum Gasteiger partial charge on any atom is -0.212 e. The first-order valence-corrected chi connectivity index (χ1v) is 6.74. The molecule has 6 heteroatoms. The van der Waals surface area contributed by atoms with E-state index < -0.39 is 15.8 Å². The van der Waals surface area contributed by atoms with Gasteiger partial charge in [0.25, 0.3) is 0 Å². The smallest absolute Gasteiger partial charge is 0.212 e. The second-order valence-electron chi connectivity index (χ2n) is 3.36. The Kier molecular flexibility index (Phi) is 4.29. The van der Waals surface area contributed by atoms with E-state index in [-0.39, 0.29) is 22.9 Å². The number of benzene rings is 1. The van der Waals surface area contributed by atoms with Crippen molar-refractivity contribution in [1.82, 2.24) is 4.31 Å². The lowest BCUT2D eigenvalue weighted by molar-refractivity contribution is 0.457. The van der Waals surface area contributed by atoms with Crippen LogP contribution in [0.15, 0.2) is 18.2 Å². The van der Waals surface area contributed by atoms with Gasteiger partial charge in [-0.3, -0.25) is 0 Å². The first-order chi connectivity index (χ1) is 7.38. The maximum Gasteiger partial charge on any atom is 0.213 e. The molecule has 0 saturated heterocycles. The summed E-state index contributed by atoms with van der Waals surface area (Å²) in [5, 5.41) is 0.234. The van der Waals surface area contributed by atoms with Crippen LogP contribution in [0.4, 0.5) is 4.39 Å². The van der Waals surface area contributed by atoms with Gasteiger partial charge in [0.15, 0.2) is 0 Å². The lowest BCUT2D eigenvalue weighted by Crippen LogP contribution is -2.28. The Balaban J connectivity index is 2.98. The van der Waals surface area contributed by atoms with E-state index in [2.05, 4.69) is 0 Å². The van der Waals surface area contributed by atoms with Crippen LogP contribution in [0, 0.1) is 5.82 Å². The summed E-state index contributed by atoms with van der Waals surface area (Å²) in [6.07, 6.45) is 0. The normalized spacial score (nSPS) is 12.1. The van der Waals surface area contributed by atoms with Gasteiger partial charge in [0, 0.05) is 24.2 Å². The quantitative estimate of drug-likeness (QED) is 0.837. The van der Waals surface area contributed by atoms with E-state index >= 15 is 0 Å². The summed E-state index contributed by atoms with van der Waals surface area (Å²) in [7, 11) is -1.92. The Bertz CT molecular complexity index is 455. The SMILES string of the molecule is CCS(=O)(=O)N(C)Cc1c(F)cccc1Cl. The van der Waals surface area contributed by atoms with Gasteiger partial charge in [0.2, 0.25) is 10.0 Å². The van der Waals surface area contributed by atoms with Gasteiger partial charge in [-0.1, -0.05) is 17.7 Å². The Morgan fingerprint density at radius 2 is 2.06 bits per heavy atom. The zero-order chi connectivity index (χ0) is 12.3. The van der Waals surface area contributed by atoms with Crippen LogP contribution >= 0.6 is 11.6 Å². The molecule has 0 amide bonds. The van der Waals surface area contributed by atoms with Crippen LogP contribution < -0.4 is 0 Å². The van der Waals surface area contributed by atoms with Gasteiger partial charge < -0.3 is 0 Å². The first-order valence-electron chi connectivity index (χ1n) is 4.75. The molecule has 0 radical (unpaired) electrons. The zero-order valence-corrected chi connectivity index (χ0v) is 10.6. The van der Waals surface area contributed by atoms with Gasteiger partial charge in [-0.15, -0.1) is 0 Å². The van der Waals surface area contributed by atoms with Crippen molar-refractivity contribution in [2.45, 2.75) is 13.5 Å². The van der Waals surface area contributed by atoms with Crippen molar-refractivity contribution in [1.29, 1.82) is 0 Å². The number of hydrogen-bond donors (Lipinski definition) is 0. The molecule has 0 spiro atoms. The average Bonchev–Trinajstić information content (AvgIpc) is 2.23. The molecule has 1 rings (SSSR count). The summed E-state index contributed by atoms with van der Waals surface area (Å²) in [5.74, 6) is -0.513. The summed E-state index contributed by atoms with van der Waals surface area (Å²) >= 11 is 5.81. The highest BCUT2D eigenvalue weighted by Crippen LogP contribution is 2.21. The number of hydrogen-bond acceptors (Lipinski definition) is 2. The van der Waals surface area contributed by atoms with Crippen LogP contribution in [-0.4, -0.2) is 25.5 Å². The van der Waals surface area contributed by atoms with Crippen molar-refractivity contribution in [3.8, 4) is 0 Å². The molecule has 0 aliphatic carbocycles. The Labute approximate surface area is 99.9 Å². The fourth-order valence-electron chi connectivity index (χ4n) is 1.22. The summed E-state index contributed by atoms with van der Waals surface area (Å²) in [4.78, 5) is 0. The molecule has 0 heterocycles. The Morgan fingerprint density at radius 3 is 2.56 bits per heavy atom. The van der Waals surface area contributed by atoms with Crippen LogP contribution in [0.1, 0.15) is 12.5 Å². The highest BCUT2D eigenvalue weighted by molar-refractivity contribution is 7.89. The van der Waals surface area contributed by atoms with E-state index in [1.165, 1.54) is 32.2 Å². The minimum atomic E-state index is -3.32. The molecule has 3 nitrogen and oxygen atoms in total. The molecule has 0 aliphatic rings. The van der Waals surface area contributed by atoms with E-state index in [9.17, 15) is 12.8 Å². The molecule has 0 aliphatic heterocycles. The van der Waals surface area contributed by atoms with E-state index in [0.29, 0.717) is 0 Å². The van der Waals surface area contributed by atoms with Crippen LogP contribution in [0.25, 0.3) is 0 Å². The molecule has 0 N–H and O–H groups in total. The van der Waals surface area contributed by atoms with Crippen molar-refractivity contribution in [3.05, 3.63) is 34.6 Å². The number of nitrogens with zero attached hydrogens (tertiary/aromatic N) is 1. The molecule has 1 aromatic carbocycles. The van der Waals surface area contributed by atoms with Crippen LogP contribution in [0.2, 0.25) is 5.02 Å². The van der Waals surface area contributed by atoms with Gasteiger partial charge in [-0.25, -0.2) is 17.1 Å². The molecular weight excluding hydrogens is 253 g/mol. The lowest BCUT2D eigenvalue weighted by Gasteiger charge is -2.17. The summed E-state index contributed by atoms with van der Waals surface area (Å²) in [5.41, 5.74) is 0.198. The van der Waals surface area contributed by atoms with Gasteiger partial charge in [-0.2, -0.15) is 0 Å². The Morgan fingerprint density at radius 1 is 1.44 bits per heavy atom. The maximum atomic E-state index is 13.4. The molecule has 0 saturated carbocycles. The van der Waals surface area contributed by atoms with Gasteiger partial charge in [0.1, 0.15) is 5.82 Å². The molecule has 0 atom stereocenters. The van der Waals surface area contributed by atoms with Gasteiger partial charge in [-0.05, 0) is 19.1 Å². The molecule has 0 aromatic heterocycles. The van der Waals surface area contributed by atoms with E-state index in [1.807, 2.05) is 0 Å². The number of rotatable bonds is 4. The predicted octanol–water partition coefficient (Wildman–Crippen LogP) is 2.26. The van der Waals surface area contributed by atoms with Crippen molar-refractivity contribution < 1.29 is 12.8 Å². The zero-order valence-electron chi connectivity index (χ0n) is 9.07. The van der Waals surface area contributed by atoms with Crippen LogP contribution in [0.5, 0.6) is 0 Å². The topological polar surface area (TPSA) is 37.4 Å². The second-order valence-corrected chi connectivity index (χ2v) is 6.13. The molecule has 1 aromatic rings. The fraction of sp³-hybridized carbons (Fsp3) is 0.400. The molecular formula is C10H13ClFNO2S. The summed E-state index contributed by atoms with van der Waals surface area (Å²) in [6.45, 7) is 1.48. The summed E-state index contributed by atoms with van der Waals surface area (Å²) in [6, 6.07) is 4.27. The highest BCUT2D eigenvalue weighted by Gasteiger charge is 2.18. The monoisotopic (exact) mass is 265 g/mol.